The third kappa shape index (κ3) is 6.77. The molecular weight excluding hydrogens is 342 g/mol. The molecule has 2 N–H and O–H groups in total. The van der Waals surface area contributed by atoms with Gasteiger partial charge in [-0.25, -0.2) is 4.99 Å². The van der Waals surface area contributed by atoms with Crippen molar-refractivity contribution in [2.24, 2.45) is 18.0 Å². The molecule has 0 saturated carbocycles. The van der Waals surface area contributed by atoms with Crippen molar-refractivity contribution in [3.63, 3.8) is 0 Å². The van der Waals surface area contributed by atoms with Crippen molar-refractivity contribution in [2.45, 2.75) is 53.1 Å². The van der Waals surface area contributed by atoms with Crippen LogP contribution in [0.25, 0.3) is 0 Å². The number of rotatable bonds is 9. The molecule has 1 saturated heterocycles. The number of guanidine groups is 1. The lowest BCUT2D eigenvalue weighted by molar-refractivity contribution is 0.00752. The van der Waals surface area contributed by atoms with Crippen molar-refractivity contribution in [2.75, 3.05) is 39.4 Å². The summed E-state index contributed by atoms with van der Waals surface area (Å²) < 4.78 is 7.49. The third-order valence-electron chi connectivity index (χ3n) is 5.15. The molecule has 1 aromatic heterocycles. The molecular formula is C19H37N7O. The van der Waals surface area contributed by atoms with Gasteiger partial charge in [0, 0.05) is 39.3 Å². The second kappa shape index (κ2) is 11.2. The molecule has 1 aliphatic heterocycles. The van der Waals surface area contributed by atoms with Crippen LogP contribution in [0.4, 0.5) is 0 Å². The maximum absolute atomic E-state index is 5.51. The number of nitrogens with zero attached hydrogens (tertiary/aromatic N) is 5. The number of nitrogens with one attached hydrogen (secondary N) is 2. The zero-order valence-electron chi connectivity index (χ0n) is 17.7. The molecule has 1 aromatic rings. The molecule has 0 aliphatic carbocycles. The summed E-state index contributed by atoms with van der Waals surface area (Å²) >= 11 is 0. The SMILES string of the molecule is CCCCNC(=NCc1nnc(C)n1C)NCC(C(C)C)N1CCOCC1. The van der Waals surface area contributed by atoms with Gasteiger partial charge >= 0.3 is 0 Å². The third-order valence-corrected chi connectivity index (χ3v) is 5.15. The maximum atomic E-state index is 5.51. The van der Waals surface area contributed by atoms with E-state index >= 15 is 0 Å². The molecule has 0 radical (unpaired) electrons. The number of morpholine rings is 1. The van der Waals surface area contributed by atoms with E-state index in [1.807, 2.05) is 18.5 Å². The van der Waals surface area contributed by atoms with Gasteiger partial charge in [0.15, 0.2) is 11.8 Å². The molecule has 0 bridgehead atoms. The normalized spacial score (nSPS) is 17.3. The van der Waals surface area contributed by atoms with Crippen LogP contribution in [0.3, 0.4) is 0 Å². The fourth-order valence-corrected chi connectivity index (χ4v) is 3.19. The van der Waals surface area contributed by atoms with E-state index < -0.39 is 0 Å². The second-order valence-corrected chi connectivity index (χ2v) is 7.51. The Hall–Kier alpha value is -1.67. The van der Waals surface area contributed by atoms with E-state index in [0.717, 1.165) is 69.8 Å². The van der Waals surface area contributed by atoms with Gasteiger partial charge in [-0.1, -0.05) is 27.2 Å². The van der Waals surface area contributed by atoms with Crippen LogP contribution in [0.1, 0.15) is 45.3 Å². The average Bonchev–Trinajstić information content (AvgIpc) is 2.98. The summed E-state index contributed by atoms with van der Waals surface area (Å²) in [6, 6.07) is 0.462. The number of hydrogen-bond donors (Lipinski definition) is 2. The van der Waals surface area contributed by atoms with Crippen LogP contribution in [-0.4, -0.2) is 71.1 Å². The van der Waals surface area contributed by atoms with Crippen LogP contribution in [0.2, 0.25) is 0 Å². The second-order valence-electron chi connectivity index (χ2n) is 7.51. The molecule has 8 nitrogen and oxygen atoms in total. The van der Waals surface area contributed by atoms with Gasteiger partial charge in [-0.15, -0.1) is 10.2 Å². The lowest BCUT2D eigenvalue weighted by Crippen LogP contribution is -2.52. The Morgan fingerprint density at radius 1 is 1.22 bits per heavy atom. The standard InChI is InChI=1S/C19H37N7O/c1-6-7-8-20-19(22-14-18-24-23-16(4)25(18)5)21-13-17(15(2)3)26-9-11-27-12-10-26/h15,17H,6-14H2,1-5H3,(H2,20,21,22). The zero-order valence-corrected chi connectivity index (χ0v) is 17.7. The lowest BCUT2D eigenvalue weighted by Gasteiger charge is -2.37. The minimum atomic E-state index is 0.462. The monoisotopic (exact) mass is 379 g/mol. The minimum Gasteiger partial charge on any atom is -0.379 e. The van der Waals surface area contributed by atoms with Crippen LogP contribution >= 0.6 is 0 Å². The first-order valence-corrected chi connectivity index (χ1v) is 10.2. The Labute approximate surface area is 163 Å². The van der Waals surface area contributed by atoms with E-state index in [1.54, 1.807) is 0 Å². The van der Waals surface area contributed by atoms with Crippen molar-refractivity contribution in [3.05, 3.63) is 11.6 Å². The molecule has 27 heavy (non-hydrogen) atoms. The summed E-state index contributed by atoms with van der Waals surface area (Å²) in [5.74, 6) is 3.19. The van der Waals surface area contributed by atoms with Gasteiger partial charge in [0.25, 0.3) is 0 Å². The summed E-state index contributed by atoms with van der Waals surface area (Å²) in [5, 5.41) is 15.3. The Morgan fingerprint density at radius 2 is 1.96 bits per heavy atom. The number of ether oxygens (including phenoxy) is 1. The summed E-state index contributed by atoms with van der Waals surface area (Å²) in [5.41, 5.74) is 0. The van der Waals surface area contributed by atoms with E-state index in [2.05, 4.69) is 46.5 Å². The Kier molecular flexibility index (Phi) is 9.00. The highest BCUT2D eigenvalue weighted by atomic mass is 16.5. The van der Waals surface area contributed by atoms with E-state index in [1.165, 1.54) is 0 Å². The molecule has 0 spiro atoms. The molecule has 0 amide bonds. The van der Waals surface area contributed by atoms with Gasteiger partial charge < -0.3 is 19.9 Å². The number of aliphatic imine (C=N–C) groups is 1. The highest BCUT2D eigenvalue weighted by Gasteiger charge is 2.23. The Morgan fingerprint density at radius 3 is 2.56 bits per heavy atom. The average molecular weight is 380 g/mol. The lowest BCUT2D eigenvalue weighted by atomic mass is 10.0. The molecule has 154 valence electrons. The van der Waals surface area contributed by atoms with Crippen molar-refractivity contribution < 1.29 is 4.74 Å². The Balaban J connectivity index is 1.98. The maximum Gasteiger partial charge on any atom is 0.191 e. The number of aryl methyl sites for hydroxylation is 1. The van der Waals surface area contributed by atoms with Crippen LogP contribution in [0.5, 0.6) is 0 Å². The van der Waals surface area contributed by atoms with Crippen LogP contribution in [0.15, 0.2) is 4.99 Å². The molecule has 1 aliphatic rings. The van der Waals surface area contributed by atoms with Crippen LogP contribution in [0, 0.1) is 12.8 Å². The van der Waals surface area contributed by atoms with Gasteiger partial charge in [0.1, 0.15) is 12.4 Å². The minimum absolute atomic E-state index is 0.462. The first kappa shape index (κ1) is 21.6. The van der Waals surface area contributed by atoms with Crippen LogP contribution < -0.4 is 10.6 Å². The highest BCUT2D eigenvalue weighted by Crippen LogP contribution is 2.12. The van der Waals surface area contributed by atoms with Gasteiger partial charge in [-0.3, -0.25) is 4.90 Å². The van der Waals surface area contributed by atoms with Crippen molar-refractivity contribution >= 4 is 5.96 Å². The summed E-state index contributed by atoms with van der Waals surface area (Å²) in [6.07, 6.45) is 2.28. The van der Waals surface area contributed by atoms with E-state index in [-0.39, 0.29) is 0 Å². The van der Waals surface area contributed by atoms with Crippen molar-refractivity contribution in [3.8, 4) is 0 Å². The summed E-state index contributed by atoms with van der Waals surface area (Å²) in [6.45, 7) is 14.7. The largest absolute Gasteiger partial charge is 0.379 e. The quantitative estimate of drug-likeness (QED) is 0.383. The van der Waals surface area contributed by atoms with E-state index in [0.29, 0.717) is 18.5 Å². The molecule has 1 unspecified atom stereocenters. The van der Waals surface area contributed by atoms with Gasteiger partial charge in [0.2, 0.25) is 0 Å². The molecule has 2 heterocycles. The summed E-state index contributed by atoms with van der Waals surface area (Å²) in [4.78, 5) is 7.27. The van der Waals surface area contributed by atoms with Crippen molar-refractivity contribution in [1.82, 2.24) is 30.3 Å². The fraction of sp³-hybridized carbons (Fsp3) is 0.842. The number of aromatic nitrogens is 3. The highest BCUT2D eigenvalue weighted by molar-refractivity contribution is 5.79. The van der Waals surface area contributed by atoms with E-state index in [4.69, 9.17) is 9.73 Å². The van der Waals surface area contributed by atoms with Gasteiger partial charge in [-0.2, -0.15) is 0 Å². The molecule has 1 atom stereocenters. The van der Waals surface area contributed by atoms with Gasteiger partial charge in [0.05, 0.1) is 13.2 Å². The van der Waals surface area contributed by atoms with Crippen molar-refractivity contribution in [1.29, 1.82) is 0 Å². The van der Waals surface area contributed by atoms with E-state index in [9.17, 15) is 0 Å². The number of hydrogen-bond acceptors (Lipinski definition) is 5. The smallest absolute Gasteiger partial charge is 0.191 e. The van der Waals surface area contributed by atoms with Gasteiger partial charge in [-0.05, 0) is 19.3 Å². The fourth-order valence-electron chi connectivity index (χ4n) is 3.19. The Bertz CT molecular complexity index is 579. The molecule has 1 fully saturated rings. The molecule has 0 aromatic carbocycles. The molecule has 2 rings (SSSR count). The first-order valence-electron chi connectivity index (χ1n) is 10.2. The summed E-state index contributed by atoms with van der Waals surface area (Å²) in [7, 11) is 1.98. The van der Waals surface area contributed by atoms with Crippen LogP contribution in [-0.2, 0) is 18.3 Å². The predicted molar refractivity (Wildman–Crippen MR) is 109 cm³/mol. The molecule has 8 heteroatoms. The number of unbranched alkanes of at least 4 members (excludes halogenated alkanes) is 1. The predicted octanol–water partition coefficient (Wildman–Crippen LogP) is 1.32. The topological polar surface area (TPSA) is 79.6 Å². The first-order chi connectivity index (χ1) is 13.0. The zero-order chi connectivity index (χ0) is 19.6.